The molecule has 1 aromatic carbocycles. The van der Waals surface area contributed by atoms with Gasteiger partial charge in [-0.3, -0.25) is 9.59 Å². The van der Waals surface area contributed by atoms with Crippen molar-refractivity contribution in [1.82, 2.24) is 9.80 Å². The summed E-state index contributed by atoms with van der Waals surface area (Å²) in [6.07, 6.45) is 0.984. The van der Waals surface area contributed by atoms with Crippen molar-refractivity contribution in [2.45, 2.75) is 54.1 Å². The molecule has 0 fully saturated rings. The lowest BCUT2D eigenvalue weighted by atomic mass is 10.1. The summed E-state index contributed by atoms with van der Waals surface area (Å²) in [6.45, 7) is 12.0. The minimum absolute atomic E-state index is 0.00258. The van der Waals surface area contributed by atoms with Gasteiger partial charge in [-0.15, -0.1) is 11.3 Å². The zero-order valence-electron chi connectivity index (χ0n) is 18.4. The SMILES string of the molecule is CCC(C)CN(CC(=O)N(Cc1ccccc1)Cc1ccc(C)s1)C(=O)C(C)C. The van der Waals surface area contributed by atoms with Crippen LogP contribution in [0.15, 0.2) is 42.5 Å². The van der Waals surface area contributed by atoms with Gasteiger partial charge in [0.2, 0.25) is 11.8 Å². The van der Waals surface area contributed by atoms with Crippen LogP contribution >= 0.6 is 11.3 Å². The Balaban J connectivity index is 2.19. The van der Waals surface area contributed by atoms with Gasteiger partial charge in [-0.25, -0.2) is 0 Å². The minimum atomic E-state index is -0.116. The number of thiophene rings is 1. The topological polar surface area (TPSA) is 40.6 Å². The Hall–Kier alpha value is -2.14. The lowest BCUT2D eigenvalue weighted by Crippen LogP contribution is -2.45. The van der Waals surface area contributed by atoms with E-state index in [1.54, 1.807) is 16.2 Å². The monoisotopic (exact) mass is 414 g/mol. The van der Waals surface area contributed by atoms with E-state index >= 15 is 0 Å². The highest BCUT2D eigenvalue weighted by Gasteiger charge is 2.24. The molecule has 2 aromatic rings. The highest BCUT2D eigenvalue weighted by atomic mass is 32.1. The van der Waals surface area contributed by atoms with Crippen molar-refractivity contribution in [3.05, 3.63) is 57.8 Å². The van der Waals surface area contributed by atoms with E-state index in [-0.39, 0.29) is 24.3 Å². The maximum absolute atomic E-state index is 13.3. The van der Waals surface area contributed by atoms with Gasteiger partial charge < -0.3 is 9.80 Å². The zero-order chi connectivity index (χ0) is 21.4. The first-order valence-electron chi connectivity index (χ1n) is 10.5. The average molecular weight is 415 g/mol. The molecule has 0 aliphatic heterocycles. The molecule has 0 spiro atoms. The van der Waals surface area contributed by atoms with Crippen molar-refractivity contribution >= 4 is 23.2 Å². The van der Waals surface area contributed by atoms with Crippen LogP contribution in [-0.2, 0) is 22.7 Å². The van der Waals surface area contributed by atoms with Gasteiger partial charge in [0.1, 0.15) is 0 Å². The minimum Gasteiger partial charge on any atom is -0.333 e. The molecular formula is C24H34N2O2S. The summed E-state index contributed by atoms with van der Waals surface area (Å²) in [7, 11) is 0. The number of hydrogen-bond acceptors (Lipinski definition) is 3. The molecular weight excluding hydrogens is 380 g/mol. The molecule has 1 heterocycles. The summed E-state index contributed by atoms with van der Waals surface area (Å²) >= 11 is 1.71. The number of carbonyl (C=O) groups is 2. The fraction of sp³-hybridized carbons (Fsp3) is 0.500. The van der Waals surface area contributed by atoms with E-state index in [2.05, 4.69) is 32.9 Å². The Morgan fingerprint density at radius 3 is 2.21 bits per heavy atom. The number of amides is 2. The number of nitrogens with zero attached hydrogens (tertiary/aromatic N) is 2. The van der Waals surface area contributed by atoms with Gasteiger partial charge in [0.05, 0.1) is 13.1 Å². The summed E-state index contributed by atoms with van der Waals surface area (Å²) in [5.74, 6) is 0.296. The van der Waals surface area contributed by atoms with E-state index in [0.717, 1.165) is 16.9 Å². The molecule has 1 unspecified atom stereocenters. The van der Waals surface area contributed by atoms with Gasteiger partial charge >= 0.3 is 0 Å². The molecule has 1 aromatic heterocycles. The predicted octanol–water partition coefficient (Wildman–Crippen LogP) is 5.12. The van der Waals surface area contributed by atoms with Gasteiger partial charge in [-0.2, -0.15) is 0 Å². The van der Waals surface area contributed by atoms with Gasteiger partial charge in [-0.05, 0) is 30.5 Å². The van der Waals surface area contributed by atoms with E-state index in [9.17, 15) is 9.59 Å². The van der Waals surface area contributed by atoms with Crippen LogP contribution < -0.4 is 0 Å². The smallest absolute Gasteiger partial charge is 0.242 e. The predicted molar refractivity (Wildman–Crippen MR) is 121 cm³/mol. The van der Waals surface area contributed by atoms with Crippen LogP contribution in [0.3, 0.4) is 0 Å². The van der Waals surface area contributed by atoms with Crippen LogP contribution in [0, 0.1) is 18.8 Å². The number of aryl methyl sites for hydroxylation is 1. The molecule has 1 atom stereocenters. The molecule has 0 saturated heterocycles. The van der Waals surface area contributed by atoms with Crippen LogP contribution in [0.25, 0.3) is 0 Å². The molecule has 2 amide bonds. The van der Waals surface area contributed by atoms with Crippen LogP contribution in [-0.4, -0.2) is 34.7 Å². The first kappa shape index (κ1) is 23.1. The first-order valence-corrected chi connectivity index (χ1v) is 11.3. The fourth-order valence-electron chi connectivity index (χ4n) is 3.16. The molecule has 0 saturated carbocycles. The van der Waals surface area contributed by atoms with Crippen LogP contribution in [0.5, 0.6) is 0 Å². The van der Waals surface area contributed by atoms with Gasteiger partial charge in [0, 0.05) is 28.8 Å². The molecule has 0 N–H and O–H groups in total. The summed E-state index contributed by atoms with van der Waals surface area (Å²) in [6, 6.07) is 14.2. The number of benzene rings is 1. The lowest BCUT2D eigenvalue weighted by molar-refractivity contribution is -0.143. The molecule has 29 heavy (non-hydrogen) atoms. The fourth-order valence-corrected chi connectivity index (χ4v) is 4.07. The number of carbonyl (C=O) groups excluding carboxylic acids is 2. The lowest BCUT2D eigenvalue weighted by Gasteiger charge is -2.30. The third-order valence-corrected chi connectivity index (χ3v) is 6.06. The summed E-state index contributed by atoms with van der Waals surface area (Å²) < 4.78 is 0. The van der Waals surface area contributed by atoms with Gasteiger partial charge in [0.15, 0.2) is 0 Å². The van der Waals surface area contributed by atoms with Crippen molar-refractivity contribution in [1.29, 1.82) is 0 Å². The Kier molecular flexibility index (Phi) is 8.90. The summed E-state index contributed by atoms with van der Waals surface area (Å²) in [5, 5.41) is 0. The second kappa shape index (κ2) is 11.1. The second-order valence-corrected chi connectivity index (χ2v) is 9.51. The Morgan fingerprint density at radius 2 is 1.66 bits per heavy atom. The largest absolute Gasteiger partial charge is 0.333 e. The molecule has 0 aliphatic rings. The van der Waals surface area contributed by atoms with Crippen LogP contribution in [0.2, 0.25) is 0 Å². The number of rotatable bonds is 10. The summed E-state index contributed by atoms with van der Waals surface area (Å²) in [5.41, 5.74) is 1.10. The van der Waals surface area contributed by atoms with E-state index in [1.807, 2.05) is 49.1 Å². The average Bonchev–Trinajstić information content (AvgIpc) is 3.11. The number of hydrogen-bond donors (Lipinski definition) is 0. The van der Waals surface area contributed by atoms with E-state index in [0.29, 0.717) is 25.6 Å². The highest BCUT2D eigenvalue weighted by molar-refractivity contribution is 7.11. The molecule has 5 heteroatoms. The second-order valence-electron chi connectivity index (χ2n) is 8.13. The molecule has 2 rings (SSSR count). The molecule has 158 valence electrons. The van der Waals surface area contributed by atoms with E-state index in [1.165, 1.54) is 4.88 Å². The Morgan fingerprint density at radius 1 is 0.966 bits per heavy atom. The van der Waals surface area contributed by atoms with Crippen molar-refractivity contribution in [2.75, 3.05) is 13.1 Å². The van der Waals surface area contributed by atoms with E-state index < -0.39 is 0 Å². The standard InChI is InChI=1S/C24H34N2O2S/c1-6-19(4)14-26(24(28)18(2)3)17-23(27)25(15-21-10-8-7-9-11-21)16-22-13-12-20(5)29-22/h7-13,18-19H,6,14-17H2,1-5H3. The Bertz CT molecular complexity index is 785. The third-order valence-electron chi connectivity index (χ3n) is 5.07. The third kappa shape index (κ3) is 7.32. The maximum Gasteiger partial charge on any atom is 0.242 e. The Labute approximate surface area is 179 Å². The van der Waals surface area contributed by atoms with Gasteiger partial charge in [0.25, 0.3) is 0 Å². The van der Waals surface area contributed by atoms with Crippen LogP contribution in [0.1, 0.15) is 49.4 Å². The molecule has 0 bridgehead atoms. The zero-order valence-corrected chi connectivity index (χ0v) is 19.2. The quantitative estimate of drug-likeness (QED) is 0.542. The summed E-state index contributed by atoms with van der Waals surface area (Å²) in [4.78, 5) is 32.1. The first-order chi connectivity index (χ1) is 13.8. The molecule has 0 aliphatic carbocycles. The van der Waals surface area contributed by atoms with E-state index in [4.69, 9.17) is 0 Å². The van der Waals surface area contributed by atoms with Crippen LogP contribution in [0.4, 0.5) is 0 Å². The molecule has 4 nitrogen and oxygen atoms in total. The van der Waals surface area contributed by atoms with Crippen molar-refractivity contribution in [2.24, 2.45) is 11.8 Å². The molecule has 0 radical (unpaired) electrons. The van der Waals surface area contributed by atoms with Crippen molar-refractivity contribution in [3.8, 4) is 0 Å². The van der Waals surface area contributed by atoms with Crippen molar-refractivity contribution < 1.29 is 9.59 Å². The normalized spacial score (nSPS) is 12.1. The highest BCUT2D eigenvalue weighted by Crippen LogP contribution is 2.19. The maximum atomic E-state index is 13.3. The van der Waals surface area contributed by atoms with Crippen molar-refractivity contribution in [3.63, 3.8) is 0 Å². The van der Waals surface area contributed by atoms with Gasteiger partial charge in [-0.1, -0.05) is 64.4 Å².